The highest BCUT2D eigenvalue weighted by atomic mass is 35.5. The van der Waals surface area contributed by atoms with Crippen LogP contribution in [-0.4, -0.2) is 9.97 Å². The van der Waals surface area contributed by atoms with E-state index in [-0.39, 0.29) is 5.02 Å². The molecule has 0 bridgehead atoms. The maximum atomic E-state index is 13.4. The minimum Gasteiger partial charge on any atom is -0.319 e. The minimum absolute atomic E-state index is 0.0722. The summed E-state index contributed by atoms with van der Waals surface area (Å²) in [4.78, 5) is 8.60. The molecular formula is C22H21ClFN4+. The summed E-state index contributed by atoms with van der Waals surface area (Å²) in [6.07, 6.45) is 5.34. The molecule has 6 heteroatoms. The van der Waals surface area contributed by atoms with Crippen LogP contribution < -0.4 is 9.88 Å². The number of halogens is 2. The Morgan fingerprint density at radius 1 is 1.04 bits per heavy atom. The topological polar surface area (TPSA) is 41.7 Å². The Hall–Kier alpha value is -3.05. The van der Waals surface area contributed by atoms with Crippen molar-refractivity contribution in [3.63, 3.8) is 0 Å². The van der Waals surface area contributed by atoms with Crippen molar-refractivity contribution >= 4 is 34.0 Å². The third kappa shape index (κ3) is 4.43. The molecule has 0 aliphatic carbocycles. The zero-order valence-electron chi connectivity index (χ0n) is 15.7. The van der Waals surface area contributed by atoms with Crippen LogP contribution in [-0.2, 0) is 6.54 Å². The Kier molecular flexibility index (Phi) is 6.50. The molecule has 0 radical (unpaired) electrons. The van der Waals surface area contributed by atoms with Crippen LogP contribution in [0.4, 0.5) is 15.9 Å². The van der Waals surface area contributed by atoms with Crippen molar-refractivity contribution in [3.8, 4) is 0 Å². The van der Waals surface area contributed by atoms with E-state index in [1.165, 1.54) is 6.07 Å². The van der Waals surface area contributed by atoms with Gasteiger partial charge < -0.3 is 5.32 Å². The number of anilines is 2. The van der Waals surface area contributed by atoms with Crippen molar-refractivity contribution < 1.29 is 8.96 Å². The number of para-hydroxylation sites is 1. The predicted octanol–water partition coefficient (Wildman–Crippen LogP) is 5.53. The molecule has 0 aliphatic rings. The molecule has 142 valence electrons. The summed E-state index contributed by atoms with van der Waals surface area (Å²) in [5.41, 5.74) is 2.86. The van der Waals surface area contributed by atoms with Crippen LogP contribution in [0.3, 0.4) is 0 Å². The Labute approximate surface area is 168 Å². The SMILES string of the molecule is CC.Fc1ccc(Nc2nc[n+](Cc3ccncc3)c3ccccc23)cc1Cl. The van der Waals surface area contributed by atoms with Crippen molar-refractivity contribution in [2.45, 2.75) is 20.4 Å². The monoisotopic (exact) mass is 395 g/mol. The summed E-state index contributed by atoms with van der Waals surface area (Å²) in [6.45, 7) is 4.69. The van der Waals surface area contributed by atoms with E-state index >= 15 is 0 Å². The first-order valence-electron chi connectivity index (χ1n) is 9.09. The van der Waals surface area contributed by atoms with Gasteiger partial charge in [0.05, 0.1) is 10.4 Å². The molecule has 0 amide bonds. The van der Waals surface area contributed by atoms with E-state index in [1.54, 1.807) is 30.9 Å². The Bertz CT molecular complexity index is 1070. The zero-order chi connectivity index (χ0) is 19.9. The second-order valence-electron chi connectivity index (χ2n) is 5.85. The van der Waals surface area contributed by atoms with Gasteiger partial charge in [0, 0.05) is 18.1 Å². The average molecular weight is 396 g/mol. The van der Waals surface area contributed by atoms with E-state index < -0.39 is 5.82 Å². The van der Waals surface area contributed by atoms with Gasteiger partial charge in [0.15, 0.2) is 0 Å². The highest BCUT2D eigenvalue weighted by molar-refractivity contribution is 6.31. The van der Waals surface area contributed by atoms with Crippen LogP contribution in [0.2, 0.25) is 5.02 Å². The number of fused-ring (bicyclic) bond motifs is 1. The fourth-order valence-corrected chi connectivity index (χ4v) is 2.99. The smallest absolute Gasteiger partial charge is 0.289 e. The Balaban J connectivity index is 0.00000109. The number of nitrogens with zero attached hydrogens (tertiary/aromatic N) is 3. The minimum atomic E-state index is -0.446. The number of rotatable bonds is 4. The molecule has 28 heavy (non-hydrogen) atoms. The second kappa shape index (κ2) is 9.24. The van der Waals surface area contributed by atoms with Gasteiger partial charge in [-0.2, -0.15) is 0 Å². The first-order valence-corrected chi connectivity index (χ1v) is 9.47. The lowest BCUT2D eigenvalue weighted by Crippen LogP contribution is -2.35. The van der Waals surface area contributed by atoms with Crippen LogP contribution in [0, 0.1) is 5.82 Å². The fraction of sp³-hybridized carbons (Fsp3) is 0.136. The molecule has 0 saturated carbocycles. The van der Waals surface area contributed by atoms with Crippen molar-refractivity contribution in [2.75, 3.05) is 5.32 Å². The van der Waals surface area contributed by atoms with Gasteiger partial charge in [0.1, 0.15) is 17.9 Å². The second-order valence-corrected chi connectivity index (χ2v) is 6.25. The Morgan fingerprint density at radius 2 is 1.79 bits per heavy atom. The summed E-state index contributed by atoms with van der Waals surface area (Å²) in [6, 6.07) is 16.5. The Morgan fingerprint density at radius 3 is 2.54 bits per heavy atom. The van der Waals surface area contributed by atoms with E-state index in [4.69, 9.17) is 11.6 Å². The molecule has 2 aromatic carbocycles. The number of benzene rings is 2. The molecule has 0 saturated heterocycles. The van der Waals surface area contributed by atoms with Crippen molar-refractivity contribution in [1.29, 1.82) is 0 Å². The number of aromatic nitrogens is 3. The van der Waals surface area contributed by atoms with Crippen molar-refractivity contribution in [3.05, 3.63) is 89.7 Å². The first kappa shape index (κ1) is 19.7. The third-order valence-corrected chi connectivity index (χ3v) is 4.37. The van der Waals surface area contributed by atoms with Gasteiger partial charge >= 0.3 is 0 Å². The van der Waals surface area contributed by atoms with Crippen LogP contribution in [0.1, 0.15) is 19.4 Å². The number of hydrogen-bond donors (Lipinski definition) is 1. The highest BCUT2D eigenvalue weighted by Crippen LogP contribution is 2.25. The predicted molar refractivity (Wildman–Crippen MR) is 111 cm³/mol. The van der Waals surface area contributed by atoms with E-state index in [0.717, 1.165) is 16.5 Å². The number of nitrogens with one attached hydrogen (secondary N) is 1. The molecule has 4 rings (SSSR count). The van der Waals surface area contributed by atoms with Crippen LogP contribution in [0.15, 0.2) is 73.3 Å². The van der Waals surface area contributed by atoms with E-state index in [2.05, 4.69) is 19.9 Å². The van der Waals surface area contributed by atoms with Gasteiger partial charge in [-0.1, -0.05) is 37.6 Å². The maximum Gasteiger partial charge on any atom is 0.289 e. The van der Waals surface area contributed by atoms with E-state index in [0.29, 0.717) is 18.1 Å². The molecule has 0 fully saturated rings. The number of pyridine rings is 1. The van der Waals surface area contributed by atoms with E-state index in [1.807, 2.05) is 50.2 Å². The highest BCUT2D eigenvalue weighted by Gasteiger charge is 2.15. The van der Waals surface area contributed by atoms with Crippen molar-refractivity contribution in [2.24, 2.45) is 0 Å². The first-order chi connectivity index (χ1) is 13.7. The molecule has 4 aromatic rings. The molecule has 2 heterocycles. The summed E-state index contributed by atoms with van der Waals surface area (Å²) in [7, 11) is 0. The summed E-state index contributed by atoms with van der Waals surface area (Å²) in [5, 5.41) is 4.26. The summed E-state index contributed by atoms with van der Waals surface area (Å²) < 4.78 is 15.4. The molecule has 2 aromatic heterocycles. The lowest BCUT2D eigenvalue weighted by Gasteiger charge is -2.08. The molecule has 0 spiro atoms. The third-order valence-electron chi connectivity index (χ3n) is 4.08. The van der Waals surface area contributed by atoms with Crippen LogP contribution in [0.5, 0.6) is 0 Å². The van der Waals surface area contributed by atoms with Gasteiger partial charge in [0.25, 0.3) is 12.1 Å². The van der Waals surface area contributed by atoms with Crippen LogP contribution >= 0.6 is 11.6 Å². The lowest BCUT2D eigenvalue weighted by molar-refractivity contribution is -0.665. The number of hydrogen-bond acceptors (Lipinski definition) is 3. The van der Waals surface area contributed by atoms with Gasteiger partial charge in [-0.25, -0.2) is 8.96 Å². The largest absolute Gasteiger partial charge is 0.319 e. The molecule has 1 N–H and O–H groups in total. The average Bonchev–Trinajstić information content (AvgIpc) is 2.75. The standard InChI is InChI=1S/C20H14ClFN4.C2H6/c21-17-11-15(5-6-18(17)22)25-20-16-3-1-2-4-19(16)26(13-24-20)12-14-7-9-23-10-8-14;1-2/h1-11,13H,12H2;1-2H3/p+1. The zero-order valence-corrected chi connectivity index (χ0v) is 16.5. The van der Waals surface area contributed by atoms with Gasteiger partial charge in [-0.3, -0.25) is 4.98 Å². The molecular weight excluding hydrogens is 375 g/mol. The van der Waals surface area contributed by atoms with Gasteiger partial charge in [-0.15, -0.1) is 0 Å². The summed E-state index contributed by atoms with van der Waals surface area (Å²) in [5.74, 6) is 0.243. The lowest BCUT2D eigenvalue weighted by atomic mass is 10.2. The fourth-order valence-electron chi connectivity index (χ4n) is 2.80. The molecule has 0 unspecified atom stereocenters. The van der Waals surface area contributed by atoms with Gasteiger partial charge in [-0.05, 0) is 53.0 Å². The molecule has 4 nitrogen and oxygen atoms in total. The van der Waals surface area contributed by atoms with Gasteiger partial charge in [0.2, 0.25) is 0 Å². The van der Waals surface area contributed by atoms with E-state index in [9.17, 15) is 4.39 Å². The summed E-state index contributed by atoms with van der Waals surface area (Å²) >= 11 is 5.87. The maximum absolute atomic E-state index is 13.4. The van der Waals surface area contributed by atoms with Crippen LogP contribution in [0.25, 0.3) is 10.9 Å². The van der Waals surface area contributed by atoms with Crippen molar-refractivity contribution in [1.82, 2.24) is 9.97 Å². The quantitative estimate of drug-likeness (QED) is 0.462. The molecule has 0 atom stereocenters. The normalized spacial score (nSPS) is 10.3. The molecule has 0 aliphatic heterocycles.